The van der Waals surface area contributed by atoms with E-state index in [-0.39, 0.29) is 0 Å². The van der Waals surface area contributed by atoms with E-state index in [0.29, 0.717) is 11.7 Å². The highest BCUT2D eigenvalue weighted by molar-refractivity contribution is 7.80. The van der Waals surface area contributed by atoms with Gasteiger partial charge in [0, 0.05) is 18.4 Å². The Bertz CT molecular complexity index is 858. The maximum Gasteiger partial charge on any atom is 0.174 e. The lowest BCUT2D eigenvalue weighted by atomic mass is 10.1. The maximum atomic E-state index is 5.73. The third-order valence-corrected chi connectivity index (χ3v) is 4.83. The lowest BCUT2D eigenvalue weighted by Crippen LogP contribution is -2.34. The minimum absolute atomic E-state index is 0.660. The first-order valence-electron chi connectivity index (χ1n) is 9.24. The molecule has 1 heterocycles. The van der Waals surface area contributed by atoms with Crippen LogP contribution in [-0.4, -0.2) is 15.0 Å². The van der Waals surface area contributed by atoms with Crippen LogP contribution in [0.15, 0.2) is 72.9 Å². The summed E-state index contributed by atoms with van der Waals surface area (Å²) >= 11 is 5.73. The number of rotatable bonds is 6. The smallest absolute Gasteiger partial charge is 0.174 e. The molecular weight excluding hydrogens is 350 g/mol. The van der Waals surface area contributed by atoms with Crippen LogP contribution in [0.3, 0.4) is 0 Å². The van der Waals surface area contributed by atoms with E-state index in [1.54, 1.807) is 0 Å². The van der Waals surface area contributed by atoms with Crippen molar-refractivity contribution in [2.45, 2.75) is 33.4 Å². The number of hydrogen-bond donors (Lipinski definition) is 1. The van der Waals surface area contributed by atoms with Crippen LogP contribution in [-0.2, 0) is 19.5 Å². The quantitative estimate of drug-likeness (QED) is 0.588. The molecular formula is C23H25N3S. The van der Waals surface area contributed by atoms with E-state index < -0.39 is 0 Å². The van der Waals surface area contributed by atoms with Gasteiger partial charge in [-0.2, -0.15) is 0 Å². The molecule has 3 nitrogen and oxygen atoms in total. The highest BCUT2D eigenvalue weighted by atomic mass is 32.1. The normalized spacial score (nSPS) is 10.4. The van der Waals surface area contributed by atoms with Crippen LogP contribution < -0.4 is 5.32 Å². The van der Waals surface area contributed by atoms with Gasteiger partial charge in [0.05, 0.1) is 12.2 Å². The fourth-order valence-corrected chi connectivity index (χ4v) is 3.07. The standard InChI is InChI=1S/C23H25N3S/c1-3-19-11-13-21(14-12-19)25-23(27)26(17-22-6-4-5-15-24-22)16-20-9-7-18(2)8-10-20/h4-15H,3,16-17H2,1-2H3,(H,25,27). The van der Waals surface area contributed by atoms with E-state index in [1.165, 1.54) is 16.7 Å². The molecule has 0 unspecified atom stereocenters. The Morgan fingerprint density at radius 2 is 1.63 bits per heavy atom. The molecule has 27 heavy (non-hydrogen) atoms. The average molecular weight is 376 g/mol. The summed E-state index contributed by atoms with van der Waals surface area (Å²) < 4.78 is 0. The molecule has 4 heteroatoms. The van der Waals surface area contributed by atoms with Crippen molar-refractivity contribution in [3.63, 3.8) is 0 Å². The summed E-state index contributed by atoms with van der Waals surface area (Å²) in [6.07, 6.45) is 2.85. The molecule has 2 aromatic carbocycles. The molecule has 1 aromatic heterocycles. The lowest BCUT2D eigenvalue weighted by Gasteiger charge is -2.26. The van der Waals surface area contributed by atoms with Crippen LogP contribution in [0.5, 0.6) is 0 Å². The molecule has 0 atom stereocenters. The summed E-state index contributed by atoms with van der Waals surface area (Å²) in [4.78, 5) is 6.61. The van der Waals surface area contributed by atoms with E-state index in [0.717, 1.165) is 24.3 Å². The predicted molar refractivity (Wildman–Crippen MR) is 117 cm³/mol. The third-order valence-electron chi connectivity index (χ3n) is 4.47. The van der Waals surface area contributed by atoms with Gasteiger partial charge >= 0.3 is 0 Å². The second-order valence-electron chi connectivity index (χ2n) is 6.64. The van der Waals surface area contributed by atoms with Crippen molar-refractivity contribution in [2.75, 3.05) is 5.32 Å². The van der Waals surface area contributed by atoms with E-state index in [2.05, 4.69) is 77.6 Å². The number of nitrogens with zero attached hydrogens (tertiary/aromatic N) is 2. The molecule has 0 amide bonds. The minimum Gasteiger partial charge on any atom is -0.339 e. The largest absolute Gasteiger partial charge is 0.339 e. The average Bonchev–Trinajstić information content (AvgIpc) is 2.70. The number of thiocarbonyl (C=S) groups is 1. The topological polar surface area (TPSA) is 28.2 Å². The van der Waals surface area contributed by atoms with Crippen LogP contribution >= 0.6 is 12.2 Å². The molecule has 3 rings (SSSR count). The number of aromatic nitrogens is 1. The van der Waals surface area contributed by atoms with Crippen molar-refractivity contribution in [3.8, 4) is 0 Å². The highest BCUT2D eigenvalue weighted by Crippen LogP contribution is 2.15. The predicted octanol–water partition coefficient (Wildman–Crippen LogP) is 5.35. The number of hydrogen-bond acceptors (Lipinski definition) is 2. The van der Waals surface area contributed by atoms with Crippen molar-refractivity contribution in [1.82, 2.24) is 9.88 Å². The van der Waals surface area contributed by atoms with E-state index in [1.807, 2.05) is 24.4 Å². The van der Waals surface area contributed by atoms with Gasteiger partial charge in [0.2, 0.25) is 0 Å². The van der Waals surface area contributed by atoms with Gasteiger partial charge < -0.3 is 10.2 Å². The Kier molecular flexibility index (Phi) is 6.55. The van der Waals surface area contributed by atoms with Gasteiger partial charge in [-0.15, -0.1) is 0 Å². The summed E-state index contributed by atoms with van der Waals surface area (Å²) in [6.45, 7) is 5.65. The first kappa shape index (κ1) is 19.1. The Morgan fingerprint density at radius 1 is 0.926 bits per heavy atom. The molecule has 0 saturated carbocycles. The number of pyridine rings is 1. The molecule has 0 aliphatic heterocycles. The Balaban J connectivity index is 1.76. The number of anilines is 1. The molecule has 0 aliphatic carbocycles. The minimum atomic E-state index is 0.660. The van der Waals surface area contributed by atoms with E-state index in [9.17, 15) is 0 Å². The highest BCUT2D eigenvalue weighted by Gasteiger charge is 2.12. The monoisotopic (exact) mass is 375 g/mol. The molecule has 3 aromatic rings. The van der Waals surface area contributed by atoms with Crippen LogP contribution in [0.4, 0.5) is 5.69 Å². The van der Waals surface area contributed by atoms with Gasteiger partial charge in [0.25, 0.3) is 0 Å². The van der Waals surface area contributed by atoms with Gasteiger partial charge in [-0.1, -0.05) is 55.0 Å². The first-order chi connectivity index (χ1) is 13.1. The van der Waals surface area contributed by atoms with Gasteiger partial charge in [-0.3, -0.25) is 4.98 Å². The van der Waals surface area contributed by atoms with E-state index >= 15 is 0 Å². The Morgan fingerprint density at radius 3 is 2.26 bits per heavy atom. The molecule has 0 aliphatic rings. The molecule has 0 bridgehead atoms. The Hall–Kier alpha value is -2.72. The van der Waals surface area contributed by atoms with Crippen molar-refractivity contribution >= 4 is 23.0 Å². The number of benzene rings is 2. The zero-order valence-electron chi connectivity index (χ0n) is 15.9. The van der Waals surface area contributed by atoms with Crippen molar-refractivity contribution in [3.05, 3.63) is 95.3 Å². The second kappa shape index (κ2) is 9.28. The van der Waals surface area contributed by atoms with Gasteiger partial charge in [-0.05, 0) is 61.0 Å². The summed E-state index contributed by atoms with van der Waals surface area (Å²) in [7, 11) is 0. The van der Waals surface area contributed by atoms with Crippen molar-refractivity contribution < 1.29 is 0 Å². The molecule has 0 fully saturated rings. The van der Waals surface area contributed by atoms with Crippen molar-refractivity contribution in [2.24, 2.45) is 0 Å². The fourth-order valence-electron chi connectivity index (χ4n) is 2.83. The summed E-state index contributed by atoms with van der Waals surface area (Å²) in [5, 5.41) is 4.07. The van der Waals surface area contributed by atoms with Crippen LogP contribution in [0.2, 0.25) is 0 Å². The first-order valence-corrected chi connectivity index (χ1v) is 9.65. The van der Waals surface area contributed by atoms with Crippen molar-refractivity contribution in [1.29, 1.82) is 0 Å². The fraction of sp³-hybridized carbons (Fsp3) is 0.217. The SMILES string of the molecule is CCc1ccc(NC(=S)N(Cc2ccc(C)cc2)Cc2ccccn2)cc1. The second-order valence-corrected chi connectivity index (χ2v) is 7.03. The summed E-state index contributed by atoms with van der Waals surface area (Å²) in [5.74, 6) is 0. The summed E-state index contributed by atoms with van der Waals surface area (Å²) in [5.41, 5.74) is 5.80. The molecule has 0 spiro atoms. The van der Waals surface area contributed by atoms with Gasteiger partial charge in [0.1, 0.15) is 0 Å². The Labute approximate surface area is 167 Å². The summed E-state index contributed by atoms with van der Waals surface area (Å²) in [6, 6.07) is 23.0. The zero-order chi connectivity index (χ0) is 19.1. The molecule has 1 N–H and O–H groups in total. The third kappa shape index (κ3) is 5.63. The number of aryl methyl sites for hydroxylation is 2. The molecule has 0 saturated heterocycles. The maximum absolute atomic E-state index is 5.73. The van der Waals surface area contributed by atoms with Crippen LogP contribution in [0.1, 0.15) is 29.3 Å². The van der Waals surface area contributed by atoms with E-state index in [4.69, 9.17) is 12.2 Å². The van der Waals surface area contributed by atoms with Gasteiger partial charge in [0.15, 0.2) is 5.11 Å². The molecule has 0 radical (unpaired) electrons. The zero-order valence-corrected chi connectivity index (χ0v) is 16.7. The van der Waals surface area contributed by atoms with Crippen LogP contribution in [0, 0.1) is 6.92 Å². The molecule has 138 valence electrons. The van der Waals surface area contributed by atoms with Crippen LogP contribution in [0.25, 0.3) is 0 Å². The lowest BCUT2D eigenvalue weighted by molar-refractivity contribution is 0.407. The number of nitrogens with one attached hydrogen (secondary N) is 1. The van der Waals surface area contributed by atoms with Gasteiger partial charge in [-0.25, -0.2) is 0 Å².